The highest BCUT2D eigenvalue weighted by Gasteiger charge is 2.12. The second-order valence-corrected chi connectivity index (χ2v) is 4.09. The second-order valence-electron chi connectivity index (χ2n) is 4.09. The molecule has 1 heterocycles. The first-order valence-electron chi connectivity index (χ1n) is 5.61. The highest BCUT2D eigenvalue weighted by molar-refractivity contribution is 5.35. The molecule has 2 aromatic rings. The lowest BCUT2D eigenvalue weighted by Crippen LogP contribution is -2.13. The highest BCUT2D eigenvalue weighted by Crippen LogP contribution is 2.19. The summed E-state index contributed by atoms with van der Waals surface area (Å²) in [4.78, 5) is 0. The largest absolute Gasteiger partial charge is 0.313 e. The van der Waals surface area contributed by atoms with Crippen molar-refractivity contribution in [1.29, 1.82) is 0 Å². The van der Waals surface area contributed by atoms with E-state index < -0.39 is 0 Å². The maximum Gasteiger partial charge on any atom is 0.125 e. The Morgan fingerprint density at radius 1 is 1.41 bits per heavy atom. The summed E-state index contributed by atoms with van der Waals surface area (Å²) in [6.45, 7) is 4.06. The zero-order chi connectivity index (χ0) is 12.4. The zero-order valence-electron chi connectivity index (χ0n) is 10.2. The zero-order valence-corrected chi connectivity index (χ0v) is 10.2. The summed E-state index contributed by atoms with van der Waals surface area (Å²) in [6, 6.07) is 6.68. The van der Waals surface area contributed by atoms with Crippen LogP contribution in [0, 0.1) is 12.7 Å². The van der Waals surface area contributed by atoms with Crippen molar-refractivity contribution in [2.24, 2.45) is 0 Å². The number of halogens is 1. The van der Waals surface area contributed by atoms with Crippen LogP contribution in [0.2, 0.25) is 0 Å². The smallest absolute Gasteiger partial charge is 0.125 e. The van der Waals surface area contributed by atoms with Crippen LogP contribution in [0.4, 0.5) is 4.39 Å². The van der Waals surface area contributed by atoms with Crippen molar-refractivity contribution in [1.82, 2.24) is 15.1 Å². The van der Waals surface area contributed by atoms with Crippen molar-refractivity contribution in [3.8, 4) is 5.69 Å². The number of aromatic nitrogens is 2. The SMILES string of the molecule is CNC(C)c1cnn(-c2cccc(F)c2)c1C. The predicted octanol–water partition coefficient (Wildman–Crippen LogP) is 2.60. The molecule has 1 aromatic heterocycles. The fourth-order valence-electron chi connectivity index (χ4n) is 1.87. The number of hydrogen-bond donors (Lipinski definition) is 1. The first-order chi connectivity index (χ1) is 8.13. The maximum absolute atomic E-state index is 13.2. The van der Waals surface area contributed by atoms with Crippen LogP contribution in [0.3, 0.4) is 0 Å². The van der Waals surface area contributed by atoms with E-state index >= 15 is 0 Å². The van der Waals surface area contributed by atoms with E-state index in [1.165, 1.54) is 12.1 Å². The van der Waals surface area contributed by atoms with Crippen LogP contribution in [0.15, 0.2) is 30.5 Å². The van der Waals surface area contributed by atoms with Gasteiger partial charge in [0.25, 0.3) is 0 Å². The first kappa shape index (κ1) is 11.8. The Balaban J connectivity index is 2.44. The fourth-order valence-corrected chi connectivity index (χ4v) is 1.87. The Labute approximate surface area is 100 Å². The molecule has 3 nitrogen and oxygen atoms in total. The molecule has 1 N–H and O–H groups in total. The quantitative estimate of drug-likeness (QED) is 0.883. The molecule has 0 bridgehead atoms. The van der Waals surface area contributed by atoms with Crippen molar-refractivity contribution >= 4 is 0 Å². The van der Waals surface area contributed by atoms with Gasteiger partial charge in [-0.2, -0.15) is 5.10 Å². The topological polar surface area (TPSA) is 29.9 Å². The van der Waals surface area contributed by atoms with Crippen LogP contribution < -0.4 is 5.32 Å². The van der Waals surface area contributed by atoms with Crippen LogP contribution in [-0.2, 0) is 0 Å². The van der Waals surface area contributed by atoms with Crippen molar-refractivity contribution in [3.05, 3.63) is 47.5 Å². The van der Waals surface area contributed by atoms with Crippen molar-refractivity contribution in [3.63, 3.8) is 0 Å². The molecule has 0 fully saturated rings. The Bertz CT molecular complexity index is 519. The Morgan fingerprint density at radius 2 is 2.18 bits per heavy atom. The highest BCUT2D eigenvalue weighted by atomic mass is 19.1. The normalized spacial score (nSPS) is 12.7. The average molecular weight is 233 g/mol. The van der Waals surface area contributed by atoms with Crippen molar-refractivity contribution in [2.45, 2.75) is 19.9 Å². The maximum atomic E-state index is 13.2. The van der Waals surface area contributed by atoms with E-state index in [9.17, 15) is 4.39 Å². The minimum Gasteiger partial charge on any atom is -0.313 e. The van der Waals surface area contributed by atoms with Crippen molar-refractivity contribution < 1.29 is 4.39 Å². The van der Waals surface area contributed by atoms with Crippen LogP contribution >= 0.6 is 0 Å². The van der Waals surface area contributed by atoms with E-state index in [1.807, 2.05) is 26.2 Å². The monoisotopic (exact) mass is 233 g/mol. The molecule has 0 aliphatic heterocycles. The molecule has 0 radical (unpaired) electrons. The molecule has 0 spiro atoms. The number of nitrogens with one attached hydrogen (secondary N) is 1. The molecule has 0 saturated heterocycles. The lowest BCUT2D eigenvalue weighted by Gasteiger charge is -2.10. The summed E-state index contributed by atoms with van der Waals surface area (Å²) in [6.07, 6.45) is 1.82. The lowest BCUT2D eigenvalue weighted by molar-refractivity contribution is 0.624. The first-order valence-corrected chi connectivity index (χ1v) is 5.61. The van der Waals surface area contributed by atoms with Crippen LogP contribution in [0.5, 0.6) is 0 Å². The molecule has 1 aromatic carbocycles. The van der Waals surface area contributed by atoms with E-state index in [1.54, 1.807) is 10.7 Å². The summed E-state index contributed by atoms with van der Waals surface area (Å²) >= 11 is 0. The van der Waals surface area contributed by atoms with Gasteiger partial charge < -0.3 is 5.32 Å². The summed E-state index contributed by atoms with van der Waals surface area (Å²) in [5, 5.41) is 7.48. The third kappa shape index (κ3) is 2.22. The number of nitrogens with zero attached hydrogens (tertiary/aromatic N) is 2. The predicted molar refractivity (Wildman–Crippen MR) is 65.7 cm³/mol. The molecule has 2 rings (SSSR count). The van der Waals surface area contributed by atoms with E-state index in [0.29, 0.717) is 0 Å². The van der Waals surface area contributed by atoms with Gasteiger partial charge in [-0.05, 0) is 39.1 Å². The molecular formula is C13H16FN3. The standard InChI is InChI=1S/C13H16FN3/c1-9(15-3)13-8-16-17(10(13)2)12-6-4-5-11(14)7-12/h4-9,15H,1-3H3. The Hall–Kier alpha value is -1.68. The Morgan fingerprint density at radius 3 is 2.82 bits per heavy atom. The molecule has 0 aliphatic carbocycles. The van der Waals surface area contributed by atoms with E-state index in [-0.39, 0.29) is 11.9 Å². The van der Waals surface area contributed by atoms with Crippen LogP contribution in [0.1, 0.15) is 24.2 Å². The molecule has 0 amide bonds. The molecule has 4 heteroatoms. The van der Waals surface area contributed by atoms with Gasteiger partial charge in [-0.1, -0.05) is 6.07 Å². The van der Waals surface area contributed by atoms with Crippen LogP contribution in [0.25, 0.3) is 5.69 Å². The lowest BCUT2D eigenvalue weighted by atomic mass is 10.1. The number of rotatable bonds is 3. The second kappa shape index (κ2) is 4.67. The van der Waals surface area contributed by atoms with E-state index in [4.69, 9.17) is 0 Å². The van der Waals surface area contributed by atoms with Gasteiger partial charge in [0.05, 0.1) is 11.9 Å². The van der Waals surface area contributed by atoms with Crippen LogP contribution in [-0.4, -0.2) is 16.8 Å². The minimum absolute atomic E-state index is 0.234. The molecule has 90 valence electrons. The number of hydrogen-bond acceptors (Lipinski definition) is 2. The van der Waals surface area contributed by atoms with Gasteiger partial charge >= 0.3 is 0 Å². The van der Waals surface area contributed by atoms with Crippen molar-refractivity contribution in [2.75, 3.05) is 7.05 Å². The van der Waals surface area contributed by atoms with Gasteiger partial charge in [-0.15, -0.1) is 0 Å². The third-order valence-corrected chi connectivity index (χ3v) is 3.00. The molecule has 1 unspecified atom stereocenters. The summed E-state index contributed by atoms with van der Waals surface area (Å²) in [5.41, 5.74) is 2.89. The van der Waals surface area contributed by atoms with Gasteiger partial charge in [-0.25, -0.2) is 9.07 Å². The molecule has 1 atom stereocenters. The van der Waals surface area contributed by atoms with E-state index in [0.717, 1.165) is 16.9 Å². The van der Waals surface area contributed by atoms with Gasteiger partial charge in [0.15, 0.2) is 0 Å². The summed E-state index contributed by atoms with van der Waals surface area (Å²) in [5.74, 6) is -0.249. The van der Waals surface area contributed by atoms with Gasteiger partial charge in [0.2, 0.25) is 0 Å². The third-order valence-electron chi connectivity index (χ3n) is 3.00. The van der Waals surface area contributed by atoms with Gasteiger partial charge in [0, 0.05) is 17.3 Å². The average Bonchev–Trinajstić information content (AvgIpc) is 2.70. The molecule has 17 heavy (non-hydrogen) atoms. The minimum atomic E-state index is -0.249. The summed E-state index contributed by atoms with van der Waals surface area (Å²) in [7, 11) is 1.91. The van der Waals surface area contributed by atoms with Gasteiger partial charge in [0.1, 0.15) is 5.82 Å². The molecule has 0 aliphatic rings. The molecular weight excluding hydrogens is 217 g/mol. The molecule has 0 saturated carbocycles. The fraction of sp³-hybridized carbons (Fsp3) is 0.308. The number of benzene rings is 1. The Kier molecular flexibility index (Phi) is 3.24. The van der Waals surface area contributed by atoms with Gasteiger partial charge in [-0.3, -0.25) is 0 Å². The summed E-state index contributed by atoms with van der Waals surface area (Å²) < 4.78 is 14.9. The van der Waals surface area contributed by atoms with E-state index in [2.05, 4.69) is 17.3 Å².